The van der Waals surface area contributed by atoms with Crippen LogP contribution in [0.15, 0.2) is 66.7 Å². The summed E-state index contributed by atoms with van der Waals surface area (Å²) in [4.78, 5) is 56.0. The zero-order chi connectivity index (χ0) is 27.2. The second-order valence-corrected chi connectivity index (χ2v) is 10.6. The zero-order valence-corrected chi connectivity index (χ0v) is 22.4. The van der Waals surface area contributed by atoms with Crippen LogP contribution in [0.5, 0.6) is 0 Å². The lowest BCUT2D eigenvalue weighted by Gasteiger charge is -2.32. The predicted molar refractivity (Wildman–Crippen MR) is 146 cm³/mol. The van der Waals surface area contributed by atoms with Crippen molar-refractivity contribution in [1.82, 2.24) is 15.1 Å². The van der Waals surface area contributed by atoms with Crippen LogP contribution < -0.4 is 5.32 Å². The number of carbonyl (C=O) groups is 4. The third kappa shape index (κ3) is 6.39. The number of hydrogen-bond acceptors (Lipinski definition) is 4. The molecule has 1 N–H and O–H groups in total. The van der Waals surface area contributed by atoms with E-state index < -0.39 is 6.04 Å². The molecule has 0 spiro atoms. The molecule has 7 heteroatoms. The summed E-state index contributed by atoms with van der Waals surface area (Å²) in [5.41, 5.74) is 2.95. The van der Waals surface area contributed by atoms with Crippen molar-refractivity contribution in [2.75, 3.05) is 6.54 Å². The first-order valence-electron chi connectivity index (χ1n) is 13.4. The molecule has 4 rings (SSSR count). The van der Waals surface area contributed by atoms with E-state index in [9.17, 15) is 19.2 Å². The summed E-state index contributed by atoms with van der Waals surface area (Å²) in [6, 6.07) is 16.7. The second kappa shape index (κ2) is 12.2. The maximum Gasteiger partial charge on any atom is 0.243 e. The van der Waals surface area contributed by atoms with Gasteiger partial charge < -0.3 is 10.2 Å². The molecule has 200 valence electrons. The molecule has 3 atom stereocenters. The van der Waals surface area contributed by atoms with Crippen molar-refractivity contribution in [3.63, 3.8) is 0 Å². The van der Waals surface area contributed by atoms with Gasteiger partial charge in [-0.2, -0.15) is 0 Å². The first-order chi connectivity index (χ1) is 18.2. The van der Waals surface area contributed by atoms with Crippen LogP contribution >= 0.6 is 0 Å². The Morgan fingerprint density at radius 2 is 1.53 bits per heavy atom. The minimum atomic E-state index is -0.745. The number of amides is 4. The number of nitrogens with zero attached hydrogens (tertiary/aromatic N) is 2. The smallest absolute Gasteiger partial charge is 0.243 e. The molecule has 0 saturated carbocycles. The van der Waals surface area contributed by atoms with Gasteiger partial charge in [-0.15, -0.1) is 0 Å². The van der Waals surface area contributed by atoms with E-state index in [0.29, 0.717) is 19.3 Å². The molecule has 2 aliphatic rings. The average molecular weight is 516 g/mol. The van der Waals surface area contributed by atoms with Crippen molar-refractivity contribution < 1.29 is 19.2 Å². The molecule has 7 nitrogen and oxygen atoms in total. The van der Waals surface area contributed by atoms with Crippen LogP contribution in [0.3, 0.4) is 0 Å². The van der Waals surface area contributed by atoms with Crippen molar-refractivity contribution in [2.45, 2.75) is 65.1 Å². The molecule has 1 heterocycles. The Morgan fingerprint density at radius 1 is 0.921 bits per heavy atom. The van der Waals surface area contributed by atoms with E-state index in [-0.39, 0.29) is 61.0 Å². The van der Waals surface area contributed by atoms with Crippen LogP contribution in [-0.2, 0) is 32.1 Å². The molecule has 1 fully saturated rings. The first-order valence-corrected chi connectivity index (χ1v) is 13.4. The highest BCUT2D eigenvalue weighted by atomic mass is 16.2. The van der Waals surface area contributed by atoms with Crippen LogP contribution in [0.1, 0.15) is 49.8 Å². The lowest BCUT2D eigenvalue weighted by Crippen LogP contribution is -2.52. The molecule has 2 aromatic rings. The largest absolute Gasteiger partial charge is 0.352 e. The van der Waals surface area contributed by atoms with Gasteiger partial charge in [-0.05, 0) is 44.7 Å². The van der Waals surface area contributed by atoms with Gasteiger partial charge in [0.05, 0.1) is 11.8 Å². The van der Waals surface area contributed by atoms with Gasteiger partial charge in [0.1, 0.15) is 6.04 Å². The van der Waals surface area contributed by atoms with Crippen LogP contribution in [-0.4, -0.2) is 52.1 Å². The van der Waals surface area contributed by atoms with Gasteiger partial charge in [0.25, 0.3) is 0 Å². The standard InChI is InChI=1S/C31H37N3O4/c1-21(2)32-29(36)27(19-23-9-5-4-6-10-23)34(20-24-15-13-22(3)14-16-24)28(35)17-18-33-30(37)25-11-7-8-12-26(25)31(33)38/h4-10,13-16,21,25-27H,11-12,17-20H2,1-3H3,(H,32,36)/t25-,26+,27-/m1/s1. The van der Waals surface area contributed by atoms with E-state index in [1.165, 1.54) is 4.90 Å². The number of likely N-dealkylation sites (tertiary alicyclic amines) is 1. The monoisotopic (exact) mass is 515 g/mol. The van der Waals surface area contributed by atoms with E-state index in [1.807, 2.05) is 87.5 Å². The number of aryl methyl sites for hydroxylation is 1. The van der Waals surface area contributed by atoms with Gasteiger partial charge in [-0.1, -0.05) is 72.3 Å². The Bertz CT molecular complexity index is 1160. The van der Waals surface area contributed by atoms with Crippen LogP contribution in [0.4, 0.5) is 0 Å². The summed E-state index contributed by atoms with van der Waals surface area (Å²) >= 11 is 0. The summed E-state index contributed by atoms with van der Waals surface area (Å²) < 4.78 is 0. The number of fused-ring (bicyclic) bond motifs is 1. The fourth-order valence-corrected chi connectivity index (χ4v) is 5.27. The summed E-state index contributed by atoms with van der Waals surface area (Å²) in [7, 11) is 0. The predicted octanol–water partition coefficient (Wildman–Crippen LogP) is 3.80. The number of nitrogens with one attached hydrogen (secondary N) is 1. The molecule has 4 amide bonds. The van der Waals surface area contributed by atoms with Crippen molar-refractivity contribution in [3.05, 3.63) is 83.4 Å². The van der Waals surface area contributed by atoms with Gasteiger partial charge in [0.2, 0.25) is 23.6 Å². The zero-order valence-electron chi connectivity index (χ0n) is 22.4. The van der Waals surface area contributed by atoms with Gasteiger partial charge in [0.15, 0.2) is 0 Å². The molecular formula is C31H37N3O4. The maximum atomic E-state index is 13.8. The van der Waals surface area contributed by atoms with Crippen LogP contribution in [0, 0.1) is 18.8 Å². The number of benzene rings is 2. The number of rotatable bonds is 10. The Morgan fingerprint density at radius 3 is 2.11 bits per heavy atom. The highest BCUT2D eigenvalue weighted by Crippen LogP contribution is 2.35. The summed E-state index contributed by atoms with van der Waals surface area (Å²) in [5.74, 6) is -1.53. The Labute approximate surface area is 224 Å². The van der Waals surface area contributed by atoms with E-state index in [2.05, 4.69) is 5.32 Å². The highest BCUT2D eigenvalue weighted by molar-refractivity contribution is 6.05. The van der Waals surface area contributed by atoms with E-state index in [0.717, 1.165) is 16.7 Å². The van der Waals surface area contributed by atoms with Gasteiger partial charge in [-0.25, -0.2) is 0 Å². The van der Waals surface area contributed by atoms with Gasteiger partial charge in [0, 0.05) is 32.0 Å². The van der Waals surface area contributed by atoms with E-state index in [1.54, 1.807) is 4.90 Å². The summed E-state index contributed by atoms with van der Waals surface area (Å²) in [5, 5.41) is 2.98. The Balaban J connectivity index is 1.58. The molecule has 1 saturated heterocycles. The molecule has 1 aliphatic heterocycles. The molecule has 0 aromatic heterocycles. The maximum absolute atomic E-state index is 13.8. The second-order valence-electron chi connectivity index (χ2n) is 10.6. The fraction of sp³-hybridized carbons (Fsp3) is 0.419. The number of allylic oxidation sites excluding steroid dienone is 2. The van der Waals surface area contributed by atoms with Crippen molar-refractivity contribution in [2.24, 2.45) is 11.8 Å². The first kappa shape index (κ1) is 27.3. The third-order valence-electron chi connectivity index (χ3n) is 7.32. The molecule has 38 heavy (non-hydrogen) atoms. The highest BCUT2D eigenvalue weighted by Gasteiger charge is 2.47. The number of carbonyl (C=O) groups excluding carboxylic acids is 4. The lowest BCUT2D eigenvalue weighted by atomic mass is 9.85. The van der Waals surface area contributed by atoms with E-state index in [4.69, 9.17) is 0 Å². The van der Waals surface area contributed by atoms with Gasteiger partial charge >= 0.3 is 0 Å². The Kier molecular flexibility index (Phi) is 8.77. The van der Waals surface area contributed by atoms with Crippen LogP contribution in [0.2, 0.25) is 0 Å². The molecule has 1 aliphatic carbocycles. The minimum absolute atomic E-state index is 0.0256. The van der Waals surface area contributed by atoms with Crippen molar-refractivity contribution >= 4 is 23.6 Å². The van der Waals surface area contributed by atoms with Crippen LogP contribution in [0.25, 0.3) is 0 Å². The molecule has 0 unspecified atom stereocenters. The number of hydrogen-bond donors (Lipinski definition) is 1. The lowest BCUT2D eigenvalue weighted by molar-refractivity contribution is -0.144. The molecular weight excluding hydrogens is 478 g/mol. The summed E-state index contributed by atoms with van der Waals surface area (Å²) in [6.07, 6.45) is 5.35. The van der Waals surface area contributed by atoms with Gasteiger partial charge in [-0.3, -0.25) is 24.1 Å². The fourth-order valence-electron chi connectivity index (χ4n) is 5.27. The average Bonchev–Trinajstić information content (AvgIpc) is 3.15. The Hall–Kier alpha value is -3.74. The number of imide groups is 1. The normalized spacial score (nSPS) is 19.4. The van der Waals surface area contributed by atoms with Crippen molar-refractivity contribution in [3.8, 4) is 0 Å². The minimum Gasteiger partial charge on any atom is -0.352 e. The molecule has 2 aromatic carbocycles. The molecule has 0 bridgehead atoms. The van der Waals surface area contributed by atoms with E-state index >= 15 is 0 Å². The third-order valence-corrected chi connectivity index (χ3v) is 7.32. The quantitative estimate of drug-likeness (QED) is 0.385. The topological polar surface area (TPSA) is 86.8 Å². The summed E-state index contributed by atoms with van der Waals surface area (Å²) in [6.45, 7) is 6.06. The van der Waals surface area contributed by atoms with Crippen molar-refractivity contribution in [1.29, 1.82) is 0 Å². The molecule has 0 radical (unpaired) electrons. The SMILES string of the molecule is Cc1ccc(CN(C(=O)CCN2C(=O)[C@H]3CC=CC[C@H]3C2=O)[C@H](Cc2ccccc2)C(=O)NC(C)C)cc1.